The van der Waals surface area contributed by atoms with E-state index in [1.54, 1.807) is 4.90 Å². The Kier molecular flexibility index (Phi) is 3.69. The van der Waals surface area contributed by atoms with Crippen LogP contribution >= 0.6 is 12.2 Å². The Morgan fingerprint density at radius 2 is 1.96 bits per heavy atom. The number of rotatable bonds is 2. The van der Waals surface area contributed by atoms with Crippen LogP contribution in [0, 0.1) is 0 Å². The van der Waals surface area contributed by atoms with Crippen LogP contribution < -0.4 is 14.8 Å². The zero-order chi connectivity index (χ0) is 15.8. The van der Waals surface area contributed by atoms with E-state index < -0.39 is 0 Å². The second kappa shape index (κ2) is 5.85. The van der Waals surface area contributed by atoms with Gasteiger partial charge in [-0.25, -0.2) is 0 Å². The molecule has 1 aromatic rings. The van der Waals surface area contributed by atoms with Gasteiger partial charge in [-0.15, -0.1) is 0 Å². The van der Waals surface area contributed by atoms with Gasteiger partial charge in [-0.2, -0.15) is 0 Å². The van der Waals surface area contributed by atoms with E-state index in [0.717, 1.165) is 37.0 Å². The van der Waals surface area contributed by atoms with Gasteiger partial charge in [0, 0.05) is 6.04 Å². The third-order valence-corrected chi connectivity index (χ3v) is 4.86. The molecular formula is C17H18N2O3S. The zero-order valence-electron chi connectivity index (χ0n) is 12.7. The monoisotopic (exact) mass is 330 g/mol. The molecule has 1 amide bonds. The Morgan fingerprint density at radius 3 is 2.78 bits per heavy atom. The maximum Gasteiger partial charge on any atom is 0.276 e. The fourth-order valence-corrected chi connectivity index (χ4v) is 3.73. The fraction of sp³-hybridized carbons (Fsp3) is 0.412. The smallest absolute Gasteiger partial charge is 0.276 e. The minimum absolute atomic E-state index is 0.0282. The van der Waals surface area contributed by atoms with Crippen molar-refractivity contribution in [3.05, 3.63) is 29.5 Å². The van der Waals surface area contributed by atoms with Crippen molar-refractivity contribution in [3.63, 3.8) is 0 Å². The molecule has 0 unspecified atom stereocenters. The summed E-state index contributed by atoms with van der Waals surface area (Å²) in [6, 6.07) is 5.86. The number of hydrogen-bond donors (Lipinski definition) is 1. The molecule has 1 saturated carbocycles. The second-order valence-electron chi connectivity index (χ2n) is 6.07. The molecule has 5 nitrogen and oxygen atoms in total. The predicted molar refractivity (Wildman–Crippen MR) is 90.0 cm³/mol. The van der Waals surface area contributed by atoms with Crippen molar-refractivity contribution >= 4 is 29.3 Å². The maximum atomic E-state index is 12.7. The largest absolute Gasteiger partial charge is 0.454 e. The summed E-state index contributed by atoms with van der Waals surface area (Å²) >= 11 is 5.38. The maximum absolute atomic E-state index is 12.7. The van der Waals surface area contributed by atoms with Gasteiger partial charge in [0.1, 0.15) is 5.70 Å². The zero-order valence-corrected chi connectivity index (χ0v) is 13.5. The van der Waals surface area contributed by atoms with E-state index in [4.69, 9.17) is 21.7 Å². The van der Waals surface area contributed by atoms with Crippen molar-refractivity contribution in [2.45, 2.75) is 38.1 Å². The Balaban J connectivity index is 1.57. The molecule has 1 saturated heterocycles. The first-order valence-electron chi connectivity index (χ1n) is 7.98. The van der Waals surface area contributed by atoms with Gasteiger partial charge in [0.2, 0.25) is 6.79 Å². The van der Waals surface area contributed by atoms with Crippen LogP contribution in [0.2, 0.25) is 0 Å². The standard InChI is InChI=1S/C17H18N2O3S/c20-16-13(8-11-6-7-14-15(9-11)22-10-21-14)18-17(23)19(16)12-4-2-1-3-5-12/h6-9,12H,1-5,10H2,(H,18,23)/b13-8+. The van der Waals surface area contributed by atoms with Crippen molar-refractivity contribution in [3.8, 4) is 11.5 Å². The van der Waals surface area contributed by atoms with Crippen LogP contribution in [-0.4, -0.2) is 28.8 Å². The van der Waals surface area contributed by atoms with Crippen LogP contribution in [0.4, 0.5) is 0 Å². The molecule has 0 aromatic heterocycles. The molecule has 23 heavy (non-hydrogen) atoms. The highest BCUT2D eigenvalue weighted by atomic mass is 32.1. The summed E-state index contributed by atoms with van der Waals surface area (Å²) in [4.78, 5) is 14.5. The molecule has 0 bridgehead atoms. The lowest BCUT2D eigenvalue weighted by Crippen LogP contribution is -2.41. The molecule has 3 aliphatic rings. The Morgan fingerprint density at radius 1 is 1.17 bits per heavy atom. The van der Waals surface area contributed by atoms with Gasteiger partial charge in [0.25, 0.3) is 5.91 Å². The van der Waals surface area contributed by atoms with Gasteiger partial charge in [0.05, 0.1) is 0 Å². The van der Waals surface area contributed by atoms with E-state index in [-0.39, 0.29) is 18.7 Å². The number of thiocarbonyl (C=S) groups is 1. The van der Waals surface area contributed by atoms with Gasteiger partial charge >= 0.3 is 0 Å². The number of carbonyl (C=O) groups is 1. The van der Waals surface area contributed by atoms with Crippen LogP contribution in [0.1, 0.15) is 37.7 Å². The number of fused-ring (bicyclic) bond motifs is 1. The van der Waals surface area contributed by atoms with Crippen LogP contribution in [0.3, 0.4) is 0 Å². The van der Waals surface area contributed by atoms with E-state index in [2.05, 4.69) is 5.32 Å². The molecule has 6 heteroatoms. The minimum Gasteiger partial charge on any atom is -0.454 e. The number of benzene rings is 1. The van der Waals surface area contributed by atoms with Gasteiger partial charge in [-0.3, -0.25) is 9.69 Å². The average molecular weight is 330 g/mol. The number of hydrogen-bond acceptors (Lipinski definition) is 4. The van der Waals surface area contributed by atoms with E-state index in [1.807, 2.05) is 24.3 Å². The number of ether oxygens (including phenoxy) is 2. The Labute approximate surface area is 140 Å². The number of nitrogens with zero attached hydrogens (tertiary/aromatic N) is 1. The molecule has 120 valence electrons. The topological polar surface area (TPSA) is 50.8 Å². The number of amides is 1. The van der Waals surface area contributed by atoms with E-state index >= 15 is 0 Å². The minimum atomic E-state index is -0.0282. The summed E-state index contributed by atoms with van der Waals surface area (Å²) in [7, 11) is 0. The predicted octanol–water partition coefficient (Wildman–Crippen LogP) is 2.81. The van der Waals surface area contributed by atoms with Crippen molar-refractivity contribution in [2.24, 2.45) is 0 Å². The lowest BCUT2D eigenvalue weighted by molar-refractivity contribution is -0.124. The first kappa shape index (κ1) is 14.5. The molecular weight excluding hydrogens is 312 g/mol. The highest BCUT2D eigenvalue weighted by Gasteiger charge is 2.36. The summed E-state index contributed by atoms with van der Waals surface area (Å²) in [5.74, 6) is 1.41. The highest BCUT2D eigenvalue weighted by Crippen LogP contribution is 2.33. The quantitative estimate of drug-likeness (QED) is 0.667. The lowest BCUT2D eigenvalue weighted by atomic mass is 9.94. The molecule has 1 N–H and O–H groups in total. The summed E-state index contributed by atoms with van der Waals surface area (Å²) in [5.41, 5.74) is 1.41. The van der Waals surface area contributed by atoms with Gasteiger partial charge in [-0.05, 0) is 48.8 Å². The normalized spacial score (nSPS) is 22.8. The number of nitrogens with one attached hydrogen (secondary N) is 1. The third-order valence-electron chi connectivity index (χ3n) is 4.56. The van der Waals surface area contributed by atoms with Crippen LogP contribution in [-0.2, 0) is 4.79 Å². The average Bonchev–Trinajstić information content (AvgIpc) is 3.13. The summed E-state index contributed by atoms with van der Waals surface area (Å²) in [5, 5.41) is 3.59. The molecule has 1 aromatic carbocycles. The summed E-state index contributed by atoms with van der Waals surface area (Å²) in [6.07, 6.45) is 7.46. The Bertz CT molecular complexity index is 695. The van der Waals surface area contributed by atoms with Gasteiger partial charge in [0.15, 0.2) is 16.6 Å². The number of carbonyl (C=O) groups excluding carboxylic acids is 1. The molecule has 0 radical (unpaired) electrons. The van der Waals surface area contributed by atoms with E-state index in [9.17, 15) is 4.79 Å². The first-order valence-corrected chi connectivity index (χ1v) is 8.39. The lowest BCUT2D eigenvalue weighted by Gasteiger charge is -2.29. The van der Waals surface area contributed by atoms with E-state index in [0.29, 0.717) is 16.6 Å². The van der Waals surface area contributed by atoms with Crippen LogP contribution in [0.15, 0.2) is 23.9 Å². The second-order valence-corrected chi connectivity index (χ2v) is 6.45. The molecule has 4 rings (SSSR count). The van der Waals surface area contributed by atoms with Gasteiger partial charge < -0.3 is 14.8 Å². The fourth-order valence-electron chi connectivity index (χ4n) is 3.39. The molecule has 2 fully saturated rings. The SMILES string of the molecule is O=C1/C(=C\c2ccc3c(c2)OCO3)NC(=S)N1C1CCCCC1. The van der Waals surface area contributed by atoms with Crippen molar-refractivity contribution in [1.29, 1.82) is 0 Å². The summed E-state index contributed by atoms with van der Waals surface area (Å²) in [6.45, 7) is 0.242. The molecule has 2 aliphatic heterocycles. The highest BCUT2D eigenvalue weighted by molar-refractivity contribution is 7.80. The van der Waals surface area contributed by atoms with Gasteiger partial charge in [-0.1, -0.05) is 25.3 Å². The molecule has 0 spiro atoms. The van der Waals surface area contributed by atoms with Crippen molar-refractivity contribution in [2.75, 3.05) is 6.79 Å². The van der Waals surface area contributed by atoms with Crippen molar-refractivity contribution in [1.82, 2.24) is 10.2 Å². The van der Waals surface area contributed by atoms with E-state index in [1.165, 1.54) is 6.42 Å². The van der Waals surface area contributed by atoms with Crippen molar-refractivity contribution < 1.29 is 14.3 Å². The molecule has 1 aliphatic carbocycles. The first-order chi connectivity index (χ1) is 11.2. The Hall–Kier alpha value is -2.08. The molecule has 2 heterocycles. The summed E-state index contributed by atoms with van der Waals surface area (Å²) < 4.78 is 10.7. The van der Waals surface area contributed by atoms with Crippen LogP contribution in [0.5, 0.6) is 11.5 Å². The van der Waals surface area contributed by atoms with Crippen LogP contribution in [0.25, 0.3) is 6.08 Å². The third kappa shape index (κ3) is 2.67. The molecule has 0 atom stereocenters.